The molecule has 1 fully saturated rings. The molecule has 8 nitrogen and oxygen atoms in total. The highest BCUT2D eigenvalue weighted by molar-refractivity contribution is 6.12. The summed E-state index contributed by atoms with van der Waals surface area (Å²) >= 11 is 0. The van der Waals surface area contributed by atoms with Crippen LogP contribution in [0.25, 0.3) is 10.9 Å². The van der Waals surface area contributed by atoms with Gasteiger partial charge in [-0.2, -0.15) is 10.4 Å². The number of para-hydroxylation sites is 1. The number of anilines is 1. The van der Waals surface area contributed by atoms with Crippen LogP contribution in [-0.4, -0.2) is 60.5 Å². The van der Waals surface area contributed by atoms with Crippen molar-refractivity contribution in [2.45, 2.75) is 6.54 Å². The summed E-state index contributed by atoms with van der Waals surface area (Å²) in [7, 11) is 1.61. The summed E-state index contributed by atoms with van der Waals surface area (Å²) in [6.45, 7) is 4.69. The predicted molar refractivity (Wildman–Crippen MR) is 113 cm³/mol. The fourth-order valence-corrected chi connectivity index (χ4v) is 3.62. The van der Waals surface area contributed by atoms with E-state index >= 15 is 0 Å². The summed E-state index contributed by atoms with van der Waals surface area (Å²) in [6.07, 6.45) is 0. The van der Waals surface area contributed by atoms with Crippen molar-refractivity contribution in [1.29, 1.82) is 5.26 Å². The molecule has 1 N–H and O–H groups in total. The van der Waals surface area contributed by atoms with Crippen LogP contribution in [-0.2, 0) is 11.3 Å². The highest BCUT2D eigenvalue weighted by Crippen LogP contribution is 2.28. The standard InChI is InChI=1S/C22H23N5O3/c1-29-19-7-3-6-18-20(22(28)24-17-5-2-4-16(14-17)15-23)25-27(21(18)19)9-8-26-10-12-30-13-11-26/h2-7,14H,8-13H2,1H3,(H,24,28). The molecule has 4 rings (SSSR count). The van der Waals surface area contributed by atoms with Gasteiger partial charge in [0.2, 0.25) is 0 Å². The number of carbonyl (C=O) groups excluding carboxylic acids is 1. The van der Waals surface area contributed by atoms with Gasteiger partial charge < -0.3 is 14.8 Å². The highest BCUT2D eigenvalue weighted by Gasteiger charge is 2.21. The van der Waals surface area contributed by atoms with Crippen LogP contribution in [0.3, 0.4) is 0 Å². The Morgan fingerprint density at radius 3 is 2.80 bits per heavy atom. The van der Waals surface area contributed by atoms with Gasteiger partial charge in [-0.25, -0.2) is 0 Å². The maximum absolute atomic E-state index is 13.0. The third-order valence-electron chi connectivity index (χ3n) is 5.15. The fraction of sp³-hybridized carbons (Fsp3) is 0.318. The van der Waals surface area contributed by atoms with Crippen LogP contribution >= 0.6 is 0 Å². The van der Waals surface area contributed by atoms with Crippen LogP contribution in [0.15, 0.2) is 42.5 Å². The molecule has 154 valence electrons. The van der Waals surface area contributed by atoms with Crippen molar-refractivity contribution in [3.8, 4) is 11.8 Å². The van der Waals surface area contributed by atoms with Crippen molar-refractivity contribution in [3.05, 3.63) is 53.7 Å². The van der Waals surface area contributed by atoms with E-state index in [1.807, 2.05) is 22.9 Å². The number of hydrogen-bond acceptors (Lipinski definition) is 6. The Morgan fingerprint density at radius 1 is 1.23 bits per heavy atom. The second-order valence-electron chi connectivity index (χ2n) is 7.03. The third kappa shape index (κ3) is 4.13. The zero-order chi connectivity index (χ0) is 20.9. The molecule has 0 bridgehead atoms. The number of nitriles is 1. The summed E-state index contributed by atoms with van der Waals surface area (Å²) in [5.41, 5.74) is 2.16. The molecule has 1 aromatic heterocycles. The van der Waals surface area contributed by atoms with E-state index in [0.29, 0.717) is 29.2 Å². The Labute approximate surface area is 174 Å². The minimum atomic E-state index is -0.325. The first-order chi connectivity index (χ1) is 14.7. The normalized spacial score (nSPS) is 14.4. The number of methoxy groups -OCH3 is 1. The number of hydrogen-bond donors (Lipinski definition) is 1. The van der Waals surface area contributed by atoms with E-state index in [-0.39, 0.29) is 5.91 Å². The maximum atomic E-state index is 13.0. The molecular formula is C22H23N5O3. The van der Waals surface area contributed by atoms with Gasteiger partial charge in [0.25, 0.3) is 5.91 Å². The van der Waals surface area contributed by atoms with E-state index in [1.165, 1.54) is 0 Å². The predicted octanol–water partition coefficient (Wildman–Crippen LogP) is 2.50. The molecular weight excluding hydrogens is 382 g/mol. The molecule has 2 aromatic carbocycles. The van der Waals surface area contributed by atoms with Gasteiger partial charge in [-0.15, -0.1) is 0 Å². The molecule has 0 spiro atoms. The Hall–Kier alpha value is -3.41. The third-order valence-corrected chi connectivity index (χ3v) is 5.15. The number of nitrogens with one attached hydrogen (secondary N) is 1. The molecule has 30 heavy (non-hydrogen) atoms. The summed E-state index contributed by atoms with van der Waals surface area (Å²) in [6, 6.07) is 14.5. The Kier molecular flexibility index (Phi) is 5.93. The molecule has 1 saturated heterocycles. The molecule has 0 atom stereocenters. The number of rotatable bonds is 6. The van der Waals surface area contributed by atoms with Crippen molar-refractivity contribution in [2.24, 2.45) is 0 Å². The molecule has 0 aliphatic carbocycles. The van der Waals surface area contributed by atoms with Crippen molar-refractivity contribution in [2.75, 3.05) is 45.3 Å². The van der Waals surface area contributed by atoms with Gasteiger partial charge in [0, 0.05) is 30.7 Å². The fourth-order valence-electron chi connectivity index (χ4n) is 3.62. The van der Waals surface area contributed by atoms with E-state index in [9.17, 15) is 4.79 Å². The number of aromatic nitrogens is 2. The van der Waals surface area contributed by atoms with Crippen molar-refractivity contribution >= 4 is 22.5 Å². The van der Waals surface area contributed by atoms with E-state index in [1.54, 1.807) is 31.4 Å². The van der Waals surface area contributed by atoms with Gasteiger partial charge in [-0.1, -0.05) is 18.2 Å². The van der Waals surface area contributed by atoms with Gasteiger partial charge in [0.15, 0.2) is 5.69 Å². The second-order valence-corrected chi connectivity index (χ2v) is 7.03. The van der Waals surface area contributed by atoms with Crippen molar-refractivity contribution < 1.29 is 14.3 Å². The molecule has 0 saturated carbocycles. The van der Waals surface area contributed by atoms with Crippen LogP contribution in [0.4, 0.5) is 5.69 Å². The molecule has 0 unspecified atom stereocenters. The second kappa shape index (κ2) is 8.95. The molecule has 2 heterocycles. The zero-order valence-electron chi connectivity index (χ0n) is 16.8. The Morgan fingerprint density at radius 2 is 2.03 bits per heavy atom. The SMILES string of the molecule is COc1cccc2c(C(=O)Nc3cccc(C#N)c3)nn(CCN3CCOCC3)c12. The minimum absolute atomic E-state index is 0.325. The number of benzene rings is 2. The quantitative estimate of drug-likeness (QED) is 0.677. The minimum Gasteiger partial charge on any atom is -0.494 e. The van der Waals surface area contributed by atoms with Crippen LogP contribution in [0, 0.1) is 11.3 Å². The first kappa shape index (κ1) is 19.9. The number of ether oxygens (including phenoxy) is 2. The van der Waals surface area contributed by atoms with Gasteiger partial charge in [0.05, 0.1) is 38.5 Å². The lowest BCUT2D eigenvalue weighted by Crippen LogP contribution is -2.38. The number of nitrogens with zero attached hydrogens (tertiary/aromatic N) is 4. The smallest absolute Gasteiger partial charge is 0.276 e. The number of amides is 1. The lowest BCUT2D eigenvalue weighted by molar-refractivity contribution is 0.0361. The van der Waals surface area contributed by atoms with E-state index in [2.05, 4.69) is 21.4 Å². The van der Waals surface area contributed by atoms with Crippen LogP contribution < -0.4 is 10.1 Å². The number of morpholine rings is 1. The zero-order valence-corrected chi connectivity index (χ0v) is 16.8. The summed E-state index contributed by atoms with van der Waals surface area (Å²) in [5.74, 6) is 0.348. The van der Waals surface area contributed by atoms with Gasteiger partial charge >= 0.3 is 0 Å². The molecule has 1 amide bonds. The lowest BCUT2D eigenvalue weighted by Gasteiger charge is -2.26. The van der Waals surface area contributed by atoms with E-state index in [0.717, 1.165) is 43.8 Å². The molecule has 8 heteroatoms. The average molecular weight is 405 g/mol. The van der Waals surface area contributed by atoms with Crippen molar-refractivity contribution in [1.82, 2.24) is 14.7 Å². The molecule has 1 aliphatic rings. The number of fused-ring (bicyclic) bond motifs is 1. The topological polar surface area (TPSA) is 92.4 Å². The first-order valence-electron chi connectivity index (χ1n) is 9.84. The average Bonchev–Trinajstić information content (AvgIpc) is 3.17. The monoisotopic (exact) mass is 405 g/mol. The number of carbonyl (C=O) groups is 1. The lowest BCUT2D eigenvalue weighted by atomic mass is 10.1. The van der Waals surface area contributed by atoms with Gasteiger partial charge in [-0.05, 0) is 24.3 Å². The van der Waals surface area contributed by atoms with Crippen LogP contribution in [0.2, 0.25) is 0 Å². The summed E-state index contributed by atoms with van der Waals surface area (Å²) < 4.78 is 12.8. The van der Waals surface area contributed by atoms with Gasteiger partial charge in [0.1, 0.15) is 11.3 Å². The van der Waals surface area contributed by atoms with Crippen LogP contribution in [0.1, 0.15) is 16.1 Å². The van der Waals surface area contributed by atoms with E-state index < -0.39 is 0 Å². The van der Waals surface area contributed by atoms with Gasteiger partial charge in [-0.3, -0.25) is 14.4 Å². The Balaban J connectivity index is 1.63. The Bertz CT molecular complexity index is 1100. The summed E-state index contributed by atoms with van der Waals surface area (Å²) in [5, 5.41) is 17.3. The summed E-state index contributed by atoms with van der Waals surface area (Å²) in [4.78, 5) is 15.3. The molecule has 1 aliphatic heterocycles. The molecule has 0 radical (unpaired) electrons. The molecule has 3 aromatic rings. The van der Waals surface area contributed by atoms with Crippen molar-refractivity contribution in [3.63, 3.8) is 0 Å². The van der Waals surface area contributed by atoms with Crippen LogP contribution in [0.5, 0.6) is 5.75 Å². The highest BCUT2D eigenvalue weighted by atomic mass is 16.5. The van der Waals surface area contributed by atoms with E-state index in [4.69, 9.17) is 14.7 Å². The first-order valence-corrected chi connectivity index (χ1v) is 9.84. The maximum Gasteiger partial charge on any atom is 0.276 e. The largest absolute Gasteiger partial charge is 0.494 e.